The smallest absolute Gasteiger partial charge is 0.0946 e. The van der Waals surface area contributed by atoms with E-state index >= 15 is 0 Å². The summed E-state index contributed by atoms with van der Waals surface area (Å²) in [6.07, 6.45) is 3.67. The van der Waals surface area contributed by atoms with E-state index in [9.17, 15) is 0 Å². The number of hydrogen-bond donors (Lipinski definition) is 1. The van der Waals surface area contributed by atoms with Gasteiger partial charge >= 0.3 is 0 Å². The second-order valence-corrected chi connectivity index (χ2v) is 4.13. The number of aryl methyl sites for hydroxylation is 1. The van der Waals surface area contributed by atoms with Gasteiger partial charge in [-0.2, -0.15) is 0 Å². The van der Waals surface area contributed by atoms with Gasteiger partial charge in [-0.15, -0.1) is 0 Å². The Bertz CT molecular complexity index is 463. The molecule has 0 aliphatic heterocycles. The standard InChI is InChI=1S/C13H18N4/c1-16-10-15-9-13(16)12(8-14)17(2)11-6-4-3-5-7-11/h3-7,9-10,12H,8,14H2,1-2H3. The number of para-hydroxylation sites is 1. The third kappa shape index (κ3) is 2.31. The normalized spacial score (nSPS) is 12.4. The Hall–Kier alpha value is -1.81. The van der Waals surface area contributed by atoms with E-state index in [1.807, 2.05) is 36.0 Å². The van der Waals surface area contributed by atoms with Crippen molar-refractivity contribution in [3.05, 3.63) is 48.5 Å². The van der Waals surface area contributed by atoms with Gasteiger partial charge in [0.05, 0.1) is 24.3 Å². The molecular formula is C13H18N4. The molecule has 2 rings (SSSR count). The first-order valence-electron chi connectivity index (χ1n) is 5.68. The first-order valence-corrected chi connectivity index (χ1v) is 5.68. The van der Waals surface area contributed by atoms with Gasteiger partial charge in [-0.05, 0) is 12.1 Å². The minimum absolute atomic E-state index is 0.143. The van der Waals surface area contributed by atoms with Gasteiger partial charge in [0, 0.05) is 26.3 Å². The molecule has 0 amide bonds. The fourth-order valence-electron chi connectivity index (χ4n) is 2.01. The molecule has 0 fully saturated rings. The Morgan fingerprint density at radius 2 is 2.06 bits per heavy atom. The topological polar surface area (TPSA) is 47.1 Å². The number of rotatable bonds is 4. The Kier molecular flexibility index (Phi) is 3.44. The van der Waals surface area contributed by atoms with Crippen molar-refractivity contribution in [2.24, 2.45) is 12.8 Å². The summed E-state index contributed by atoms with van der Waals surface area (Å²) in [5, 5.41) is 0. The molecule has 1 aromatic heterocycles. The molecule has 1 atom stereocenters. The number of benzene rings is 1. The lowest BCUT2D eigenvalue weighted by Crippen LogP contribution is -2.31. The summed E-state index contributed by atoms with van der Waals surface area (Å²) in [7, 11) is 4.05. The van der Waals surface area contributed by atoms with Crippen LogP contribution in [-0.2, 0) is 7.05 Å². The van der Waals surface area contributed by atoms with Crippen LogP contribution in [0.25, 0.3) is 0 Å². The maximum absolute atomic E-state index is 5.89. The molecule has 2 N–H and O–H groups in total. The highest BCUT2D eigenvalue weighted by atomic mass is 15.2. The Balaban J connectivity index is 2.28. The van der Waals surface area contributed by atoms with Crippen LogP contribution in [0, 0.1) is 0 Å². The van der Waals surface area contributed by atoms with Gasteiger partial charge in [-0.3, -0.25) is 0 Å². The van der Waals surface area contributed by atoms with E-state index in [0.29, 0.717) is 6.54 Å². The average Bonchev–Trinajstić information content (AvgIpc) is 2.78. The first kappa shape index (κ1) is 11.7. The molecule has 90 valence electrons. The summed E-state index contributed by atoms with van der Waals surface area (Å²) in [6, 6.07) is 10.4. The van der Waals surface area contributed by atoms with Crippen LogP contribution in [0.5, 0.6) is 0 Å². The number of nitrogens with zero attached hydrogens (tertiary/aromatic N) is 3. The van der Waals surface area contributed by atoms with Gasteiger partial charge in [0.1, 0.15) is 0 Å². The minimum atomic E-state index is 0.143. The van der Waals surface area contributed by atoms with E-state index in [4.69, 9.17) is 5.73 Å². The number of hydrogen-bond acceptors (Lipinski definition) is 3. The monoisotopic (exact) mass is 230 g/mol. The van der Waals surface area contributed by atoms with Gasteiger partial charge in [-0.1, -0.05) is 18.2 Å². The van der Waals surface area contributed by atoms with E-state index in [1.165, 1.54) is 0 Å². The van der Waals surface area contributed by atoms with Gasteiger partial charge in [-0.25, -0.2) is 4.98 Å². The summed E-state index contributed by atoms with van der Waals surface area (Å²) in [6.45, 7) is 0.560. The summed E-state index contributed by atoms with van der Waals surface area (Å²) in [5.74, 6) is 0. The van der Waals surface area contributed by atoms with Crippen LogP contribution in [0.3, 0.4) is 0 Å². The van der Waals surface area contributed by atoms with E-state index in [-0.39, 0.29) is 6.04 Å². The summed E-state index contributed by atoms with van der Waals surface area (Å²) < 4.78 is 2.01. The van der Waals surface area contributed by atoms with Crippen molar-refractivity contribution in [1.82, 2.24) is 9.55 Å². The van der Waals surface area contributed by atoms with Crippen LogP contribution in [0.2, 0.25) is 0 Å². The third-order valence-corrected chi connectivity index (χ3v) is 3.05. The van der Waals surface area contributed by atoms with Crippen molar-refractivity contribution < 1.29 is 0 Å². The molecule has 1 heterocycles. The Morgan fingerprint density at radius 1 is 1.35 bits per heavy atom. The van der Waals surface area contributed by atoms with Crippen molar-refractivity contribution in [3.8, 4) is 0 Å². The van der Waals surface area contributed by atoms with Crippen LogP contribution in [0.1, 0.15) is 11.7 Å². The van der Waals surface area contributed by atoms with Crippen molar-refractivity contribution >= 4 is 5.69 Å². The number of nitrogens with two attached hydrogens (primary N) is 1. The van der Waals surface area contributed by atoms with Crippen molar-refractivity contribution in [2.45, 2.75) is 6.04 Å². The summed E-state index contributed by atoms with van der Waals surface area (Å²) in [5.41, 5.74) is 8.17. The highest BCUT2D eigenvalue weighted by Gasteiger charge is 2.18. The molecule has 0 radical (unpaired) electrons. The lowest BCUT2D eigenvalue weighted by atomic mass is 10.1. The quantitative estimate of drug-likeness (QED) is 0.867. The molecular weight excluding hydrogens is 212 g/mol. The maximum atomic E-state index is 5.89. The highest BCUT2D eigenvalue weighted by molar-refractivity contribution is 5.47. The zero-order chi connectivity index (χ0) is 12.3. The molecule has 0 aliphatic carbocycles. The molecule has 0 saturated carbocycles. The number of imidazole rings is 1. The minimum Gasteiger partial charge on any atom is -0.365 e. The van der Waals surface area contributed by atoms with Crippen LogP contribution in [-0.4, -0.2) is 23.1 Å². The SMILES string of the molecule is CN(c1ccccc1)C(CN)c1cncn1C. The number of likely N-dealkylation sites (N-methyl/N-ethyl adjacent to an activating group) is 1. The largest absolute Gasteiger partial charge is 0.365 e. The second-order valence-electron chi connectivity index (χ2n) is 4.13. The molecule has 0 saturated heterocycles. The van der Waals surface area contributed by atoms with Crippen LogP contribution in [0.4, 0.5) is 5.69 Å². The summed E-state index contributed by atoms with van der Waals surface area (Å²) >= 11 is 0. The average molecular weight is 230 g/mol. The van der Waals surface area contributed by atoms with Gasteiger partial charge in [0.2, 0.25) is 0 Å². The van der Waals surface area contributed by atoms with Gasteiger partial charge in [0.25, 0.3) is 0 Å². The molecule has 2 aromatic rings. The number of anilines is 1. The van der Waals surface area contributed by atoms with Crippen molar-refractivity contribution in [1.29, 1.82) is 0 Å². The molecule has 0 bridgehead atoms. The Labute approximate surface area is 102 Å². The van der Waals surface area contributed by atoms with E-state index in [1.54, 1.807) is 6.33 Å². The van der Waals surface area contributed by atoms with Crippen LogP contribution >= 0.6 is 0 Å². The first-order chi connectivity index (χ1) is 8.24. The molecule has 17 heavy (non-hydrogen) atoms. The lowest BCUT2D eigenvalue weighted by Gasteiger charge is -2.29. The molecule has 0 aliphatic rings. The second kappa shape index (κ2) is 5.01. The van der Waals surface area contributed by atoms with E-state index < -0.39 is 0 Å². The molecule has 4 nitrogen and oxygen atoms in total. The zero-order valence-corrected chi connectivity index (χ0v) is 10.2. The van der Waals surface area contributed by atoms with Gasteiger partial charge < -0.3 is 15.2 Å². The fourth-order valence-corrected chi connectivity index (χ4v) is 2.01. The molecule has 0 spiro atoms. The molecule has 4 heteroatoms. The highest BCUT2D eigenvalue weighted by Crippen LogP contribution is 2.23. The molecule has 1 unspecified atom stereocenters. The van der Waals surface area contributed by atoms with E-state index in [2.05, 4.69) is 29.1 Å². The zero-order valence-electron chi connectivity index (χ0n) is 10.2. The van der Waals surface area contributed by atoms with Crippen molar-refractivity contribution in [2.75, 3.05) is 18.5 Å². The summed E-state index contributed by atoms with van der Waals surface area (Å²) in [4.78, 5) is 6.32. The third-order valence-electron chi connectivity index (χ3n) is 3.05. The van der Waals surface area contributed by atoms with Gasteiger partial charge in [0.15, 0.2) is 0 Å². The predicted molar refractivity (Wildman–Crippen MR) is 69.8 cm³/mol. The van der Waals surface area contributed by atoms with Crippen molar-refractivity contribution in [3.63, 3.8) is 0 Å². The lowest BCUT2D eigenvalue weighted by molar-refractivity contribution is 0.629. The van der Waals surface area contributed by atoms with E-state index in [0.717, 1.165) is 11.4 Å². The van der Waals surface area contributed by atoms with Crippen LogP contribution in [0.15, 0.2) is 42.9 Å². The predicted octanol–water partition coefficient (Wildman–Crippen LogP) is 1.56. The van der Waals surface area contributed by atoms with Crippen LogP contribution < -0.4 is 10.6 Å². The fraction of sp³-hybridized carbons (Fsp3) is 0.308. The maximum Gasteiger partial charge on any atom is 0.0946 e. The number of aromatic nitrogens is 2. The Morgan fingerprint density at radius 3 is 2.59 bits per heavy atom. The molecule has 1 aromatic carbocycles.